The van der Waals surface area contributed by atoms with Crippen molar-refractivity contribution in [2.45, 2.75) is 0 Å². The molecule has 4 aromatic rings. The number of ether oxygens (including phenoxy) is 1. The summed E-state index contributed by atoms with van der Waals surface area (Å²) in [5, 5.41) is 2.64. The van der Waals surface area contributed by atoms with Crippen molar-refractivity contribution in [3.05, 3.63) is 84.8 Å². The quantitative estimate of drug-likeness (QED) is 0.561. The van der Waals surface area contributed by atoms with Crippen molar-refractivity contribution in [1.29, 1.82) is 0 Å². The third-order valence-corrected chi connectivity index (χ3v) is 4.10. The van der Waals surface area contributed by atoms with E-state index in [4.69, 9.17) is 4.74 Å². The lowest BCUT2D eigenvalue weighted by Gasteiger charge is -2.08. The maximum atomic E-state index is 12.9. The molecule has 0 atom stereocenters. The zero-order chi connectivity index (χ0) is 19.3. The van der Waals surface area contributed by atoms with Gasteiger partial charge in [-0.3, -0.25) is 9.78 Å². The van der Waals surface area contributed by atoms with E-state index in [1.54, 1.807) is 18.3 Å². The third-order valence-electron chi connectivity index (χ3n) is 4.10. The van der Waals surface area contributed by atoms with Crippen molar-refractivity contribution >= 4 is 22.6 Å². The molecule has 3 aromatic carbocycles. The Kier molecular flexibility index (Phi) is 4.93. The van der Waals surface area contributed by atoms with Gasteiger partial charge in [-0.15, -0.1) is 0 Å². The molecule has 0 bridgehead atoms. The third kappa shape index (κ3) is 4.12. The van der Waals surface area contributed by atoms with Crippen LogP contribution in [-0.4, -0.2) is 22.5 Å². The Balaban J connectivity index is 1.38. The number of anilines is 1. The van der Waals surface area contributed by atoms with Crippen molar-refractivity contribution in [1.82, 2.24) is 9.97 Å². The van der Waals surface area contributed by atoms with E-state index in [0.717, 1.165) is 22.3 Å². The van der Waals surface area contributed by atoms with Gasteiger partial charge in [-0.2, -0.15) is 0 Å². The van der Waals surface area contributed by atoms with E-state index in [2.05, 4.69) is 15.3 Å². The summed E-state index contributed by atoms with van der Waals surface area (Å²) in [6.45, 7) is -0.146. The monoisotopic (exact) mass is 373 g/mol. The number of halogens is 1. The van der Waals surface area contributed by atoms with Crippen LogP contribution in [0.4, 0.5) is 10.1 Å². The fourth-order valence-electron chi connectivity index (χ4n) is 2.70. The number of carbonyl (C=O) groups excluding carboxylic acids is 1. The van der Waals surface area contributed by atoms with Crippen LogP contribution in [0.2, 0.25) is 0 Å². The molecule has 0 saturated carbocycles. The molecule has 0 fully saturated rings. The Morgan fingerprint density at radius 3 is 2.39 bits per heavy atom. The molecular weight excluding hydrogens is 357 g/mol. The van der Waals surface area contributed by atoms with Crippen LogP contribution in [0, 0.1) is 5.82 Å². The van der Waals surface area contributed by atoms with Gasteiger partial charge in [0, 0.05) is 11.3 Å². The normalized spacial score (nSPS) is 10.6. The maximum absolute atomic E-state index is 12.9. The highest BCUT2D eigenvalue weighted by Crippen LogP contribution is 2.22. The van der Waals surface area contributed by atoms with Crippen molar-refractivity contribution in [2.24, 2.45) is 0 Å². The van der Waals surface area contributed by atoms with Gasteiger partial charge in [0.05, 0.1) is 22.9 Å². The van der Waals surface area contributed by atoms with Crippen molar-refractivity contribution < 1.29 is 13.9 Å². The Hall–Kier alpha value is -3.80. The number of rotatable bonds is 5. The molecule has 1 heterocycles. The molecule has 0 unspecified atom stereocenters. The minimum Gasteiger partial charge on any atom is -0.484 e. The molecule has 6 heteroatoms. The number of aromatic nitrogens is 2. The molecule has 5 nitrogen and oxygen atoms in total. The van der Waals surface area contributed by atoms with Gasteiger partial charge in [-0.1, -0.05) is 12.1 Å². The van der Waals surface area contributed by atoms with Gasteiger partial charge in [-0.25, -0.2) is 9.37 Å². The number of para-hydroxylation sites is 2. The summed E-state index contributed by atoms with van der Waals surface area (Å²) in [6.07, 6.45) is 1.73. The number of fused-ring (bicyclic) bond motifs is 1. The van der Waals surface area contributed by atoms with Gasteiger partial charge in [0.15, 0.2) is 6.61 Å². The number of hydrogen-bond acceptors (Lipinski definition) is 4. The predicted octanol–water partition coefficient (Wildman–Crippen LogP) is 4.45. The molecule has 1 aromatic heterocycles. The number of hydrogen-bond donors (Lipinski definition) is 1. The van der Waals surface area contributed by atoms with Gasteiger partial charge in [-0.05, 0) is 60.7 Å². The Morgan fingerprint density at radius 2 is 1.64 bits per heavy atom. The largest absolute Gasteiger partial charge is 0.484 e. The van der Waals surface area contributed by atoms with Gasteiger partial charge in [0.2, 0.25) is 0 Å². The number of carbonyl (C=O) groups is 1. The fraction of sp³-hybridized carbons (Fsp3) is 0.0455. The van der Waals surface area contributed by atoms with E-state index in [9.17, 15) is 9.18 Å². The van der Waals surface area contributed by atoms with E-state index in [0.29, 0.717) is 11.4 Å². The fourth-order valence-corrected chi connectivity index (χ4v) is 2.70. The number of benzene rings is 3. The number of nitrogens with one attached hydrogen (secondary N) is 1. The lowest BCUT2D eigenvalue weighted by Crippen LogP contribution is -2.20. The standard InChI is InChI=1S/C22H16FN3O2/c23-16-7-9-17(10-8-16)25-22(27)14-28-18-11-5-15(6-12-18)21-13-24-19-3-1-2-4-20(19)26-21/h1-13H,14H2,(H,25,27). The maximum Gasteiger partial charge on any atom is 0.262 e. The number of nitrogens with zero attached hydrogens (tertiary/aromatic N) is 2. The highest BCUT2D eigenvalue weighted by atomic mass is 19.1. The smallest absolute Gasteiger partial charge is 0.262 e. The second-order valence-electron chi connectivity index (χ2n) is 6.11. The zero-order valence-corrected chi connectivity index (χ0v) is 14.8. The SMILES string of the molecule is O=C(COc1ccc(-c2cnc3ccccc3n2)cc1)Nc1ccc(F)cc1. The predicted molar refractivity (Wildman–Crippen MR) is 105 cm³/mol. The topological polar surface area (TPSA) is 64.1 Å². The summed E-state index contributed by atoms with van der Waals surface area (Å²) in [5.41, 5.74) is 3.86. The molecule has 4 rings (SSSR count). The summed E-state index contributed by atoms with van der Waals surface area (Å²) >= 11 is 0. The lowest BCUT2D eigenvalue weighted by atomic mass is 10.1. The van der Waals surface area contributed by atoms with Crippen LogP contribution in [0.15, 0.2) is 79.0 Å². The van der Waals surface area contributed by atoms with E-state index in [1.165, 1.54) is 24.3 Å². The van der Waals surface area contributed by atoms with Crippen LogP contribution >= 0.6 is 0 Å². The van der Waals surface area contributed by atoms with Crippen molar-refractivity contribution in [3.63, 3.8) is 0 Å². The molecule has 28 heavy (non-hydrogen) atoms. The molecule has 0 aliphatic carbocycles. The van der Waals surface area contributed by atoms with Crippen LogP contribution in [-0.2, 0) is 4.79 Å². The van der Waals surface area contributed by atoms with E-state index >= 15 is 0 Å². The molecule has 1 N–H and O–H groups in total. The van der Waals surface area contributed by atoms with Gasteiger partial charge in [0.1, 0.15) is 11.6 Å². The van der Waals surface area contributed by atoms with Crippen LogP contribution in [0.3, 0.4) is 0 Å². The van der Waals surface area contributed by atoms with Crippen molar-refractivity contribution in [2.75, 3.05) is 11.9 Å². The average molecular weight is 373 g/mol. The molecule has 0 aliphatic heterocycles. The second-order valence-corrected chi connectivity index (χ2v) is 6.11. The first-order chi connectivity index (χ1) is 13.7. The first-order valence-electron chi connectivity index (χ1n) is 8.68. The summed E-state index contributed by atoms with van der Waals surface area (Å²) < 4.78 is 18.4. The molecule has 0 radical (unpaired) electrons. The summed E-state index contributed by atoms with van der Waals surface area (Å²) in [6, 6.07) is 20.5. The van der Waals surface area contributed by atoms with E-state index in [-0.39, 0.29) is 18.3 Å². The molecule has 1 amide bonds. The molecule has 0 spiro atoms. The molecule has 0 saturated heterocycles. The first-order valence-corrected chi connectivity index (χ1v) is 8.68. The van der Waals surface area contributed by atoms with Gasteiger partial charge >= 0.3 is 0 Å². The summed E-state index contributed by atoms with van der Waals surface area (Å²) in [7, 11) is 0. The van der Waals surface area contributed by atoms with Gasteiger partial charge < -0.3 is 10.1 Å². The zero-order valence-electron chi connectivity index (χ0n) is 14.8. The Morgan fingerprint density at radius 1 is 0.929 bits per heavy atom. The average Bonchev–Trinajstić information content (AvgIpc) is 2.74. The second kappa shape index (κ2) is 7.84. The molecule has 138 valence electrons. The van der Waals surface area contributed by atoms with E-state index < -0.39 is 0 Å². The lowest BCUT2D eigenvalue weighted by molar-refractivity contribution is -0.118. The summed E-state index contributed by atoms with van der Waals surface area (Å²) in [4.78, 5) is 21.0. The minimum atomic E-state index is -0.356. The van der Waals surface area contributed by atoms with Crippen LogP contribution < -0.4 is 10.1 Å². The van der Waals surface area contributed by atoms with Crippen LogP contribution in [0.5, 0.6) is 5.75 Å². The highest BCUT2D eigenvalue weighted by molar-refractivity contribution is 5.91. The molecular formula is C22H16FN3O2. The first kappa shape index (κ1) is 17.6. The summed E-state index contributed by atoms with van der Waals surface area (Å²) in [5.74, 6) is -0.117. The Bertz CT molecular complexity index is 1110. The van der Waals surface area contributed by atoms with Crippen LogP contribution in [0.1, 0.15) is 0 Å². The minimum absolute atomic E-state index is 0.146. The van der Waals surface area contributed by atoms with Gasteiger partial charge in [0.25, 0.3) is 5.91 Å². The molecule has 0 aliphatic rings. The Labute approximate surface area is 160 Å². The van der Waals surface area contributed by atoms with E-state index in [1.807, 2.05) is 36.4 Å². The van der Waals surface area contributed by atoms with Crippen LogP contribution in [0.25, 0.3) is 22.3 Å². The van der Waals surface area contributed by atoms with Crippen molar-refractivity contribution in [3.8, 4) is 17.0 Å². The highest BCUT2D eigenvalue weighted by Gasteiger charge is 2.06. The number of amides is 1.